The first kappa shape index (κ1) is 14.4. The Kier molecular flexibility index (Phi) is 6.52. The molecule has 0 aliphatic carbocycles. The lowest BCUT2D eigenvalue weighted by molar-refractivity contribution is -0.145. The Hall–Kier alpha value is -0.610. The summed E-state index contributed by atoms with van der Waals surface area (Å²) in [5.41, 5.74) is 5.93. The van der Waals surface area contributed by atoms with Crippen LogP contribution in [0, 0.1) is 5.92 Å². The third kappa shape index (κ3) is 5.14. The molecule has 0 heterocycles. The Bertz CT molecular complexity index is 195. The average molecular weight is 216 g/mol. The fourth-order valence-corrected chi connectivity index (χ4v) is 1.23. The number of rotatable bonds is 6. The number of nitrogens with two attached hydrogens (primary N) is 1. The van der Waals surface area contributed by atoms with E-state index >= 15 is 0 Å². The van der Waals surface area contributed by atoms with E-state index in [9.17, 15) is 4.79 Å². The lowest BCUT2D eigenvalue weighted by Crippen LogP contribution is -2.40. The maximum atomic E-state index is 11.2. The van der Waals surface area contributed by atoms with Crippen molar-refractivity contribution in [3.8, 4) is 0 Å². The Morgan fingerprint density at radius 2 is 1.93 bits per heavy atom. The second kappa shape index (κ2) is 6.80. The second-order valence-electron chi connectivity index (χ2n) is 4.38. The normalized spacial score (nSPS) is 15.5. The number of nitrogens with zero attached hydrogens (tertiary/aromatic N) is 1. The zero-order chi connectivity index (χ0) is 12.0. The molecule has 90 valence electrons. The number of methoxy groups -OCH3 is 1. The van der Waals surface area contributed by atoms with Crippen molar-refractivity contribution in [2.45, 2.75) is 39.3 Å². The predicted molar refractivity (Wildman–Crippen MR) is 61.5 cm³/mol. The molecule has 0 radical (unpaired) electrons. The Balaban J connectivity index is 3.92. The number of ether oxygens (including phenoxy) is 1. The molecule has 2 atom stereocenters. The maximum absolute atomic E-state index is 11.2. The van der Waals surface area contributed by atoms with Crippen LogP contribution in [-0.4, -0.2) is 43.7 Å². The summed E-state index contributed by atoms with van der Waals surface area (Å²) in [4.78, 5) is 13.2. The molecule has 4 heteroatoms. The van der Waals surface area contributed by atoms with E-state index in [-0.39, 0.29) is 18.1 Å². The predicted octanol–water partition coefficient (Wildman–Crippen LogP) is 0.853. The van der Waals surface area contributed by atoms with Crippen molar-refractivity contribution in [3.05, 3.63) is 0 Å². The van der Waals surface area contributed by atoms with Crippen LogP contribution in [0.15, 0.2) is 0 Å². The Morgan fingerprint density at radius 1 is 1.40 bits per heavy atom. The molecule has 0 aliphatic heterocycles. The highest BCUT2D eigenvalue weighted by Crippen LogP contribution is 2.06. The topological polar surface area (TPSA) is 55.6 Å². The molecule has 0 fully saturated rings. The van der Waals surface area contributed by atoms with E-state index in [4.69, 9.17) is 5.73 Å². The van der Waals surface area contributed by atoms with Gasteiger partial charge >= 0.3 is 5.97 Å². The number of carbonyl (C=O) groups is 1. The van der Waals surface area contributed by atoms with Crippen LogP contribution >= 0.6 is 0 Å². The molecule has 0 aromatic rings. The van der Waals surface area contributed by atoms with Gasteiger partial charge in [0.2, 0.25) is 0 Å². The van der Waals surface area contributed by atoms with Crippen molar-refractivity contribution in [2.75, 3.05) is 20.7 Å². The van der Waals surface area contributed by atoms with E-state index in [1.807, 2.05) is 18.9 Å². The summed E-state index contributed by atoms with van der Waals surface area (Å²) < 4.78 is 4.68. The number of esters is 1. The summed E-state index contributed by atoms with van der Waals surface area (Å²) in [6.45, 7) is 6.87. The number of hydrogen-bond acceptors (Lipinski definition) is 4. The molecular formula is C11H24N2O2. The first-order chi connectivity index (χ1) is 6.90. The van der Waals surface area contributed by atoms with Gasteiger partial charge in [0.05, 0.1) is 7.11 Å². The minimum absolute atomic E-state index is 0.192. The minimum atomic E-state index is -0.200. The first-order valence-electron chi connectivity index (χ1n) is 5.43. The summed E-state index contributed by atoms with van der Waals surface area (Å²) in [5.74, 6) is 0.280. The summed E-state index contributed by atoms with van der Waals surface area (Å²) >= 11 is 0. The van der Waals surface area contributed by atoms with Crippen molar-refractivity contribution < 1.29 is 9.53 Å². The van der Waals surface area contributed by atoms with Gasteiger partial charge in [-0.3, -0.25) is 9.69 Å². The third-order valence-corrected chi connectivity index (χ3v) is 2.87. The van der Waals surface area contributed by atoms with Gasteiger partial charge in [-0.1, -0.05) is 13.8 Å². The molecule has 0 spiro atoms. The largest absolute Gasteiger partial charge is 0.468 e. The van der Waals surface area contributed by atoms with Gasteiger partial charge in [-0.05, 0) is 26.3 Å². The van der Waals surface area contributed by atoms with Crippen LogP contribution in [0.1, 0.15) is 27.2 Å². The maximum Gasteiger partial charge on any atom is 0.322 e. The standard InChI is InChI=1S/C11H24N2O2/c1-8(2)10(12)6-7-13(4)9(3)11(14)15-5/h8-10H,6-7,12H2,1-5H3. The summed E-state index contributed by atoms with van der Waals surface area (Å²) in [5, 5.41) is 0. The average Bonchev–Trinajstić information content (AvgIpc) is 2.22. The molecule has 2 N–H and O–H groups in total. The fourth-order valence-electron chi connectivity index (χ4n) is 1.23. The van der Waals surface area contributed by atoms with Gasteiger partial charge in [-0.2, -0.15) is 0 Å². The molecule has 0 saturated heterocycles. The van der Waals surface area contributed by atoms with E-state index in [0.29, 0.717) is 5.92 Å². The summed E-state index contributed by atoms with van der Waals surface area (Å²) in [6, 6.07) is -0.00772. The SMILES string of the molecule is COC(=O)C(C)N(C)CCC(N)C(C)C. The van der Waals surface area contributed by atoms with Crippen LogP contribution < -0.4 is 5.73 Å². The van der Waals surface area contributed by atoms with Crippen molar-refractivity contribution in [1.29, 1.82) is 0 Å². The van der Waals surface area contributed by atoms with E-state index in [2.05, 4.69) is 18.6 Å². The Morgan fingerprint density at radius 3 is 2.33 bits per heavy atom. The second-order valence-corrected chi connectivity index (χ2v) is 4.38. The highest BCUT2D eigenvalue weighted by molar-refractivity contribution is 5.75. The van der Waals surface area contributed by atoms with E-state index < -0.39 is 0 Å². The monoisotopic (exact) mass is 216 g/mol. The third-order valence-electron chi connectivity index (χ3n) is 2.87. The van der Waals surface area contributed by atoms with Crippen molar-refractivity contribution in [3.63, 3.8) is 0 Å². The van der Waals surface area contributed by atoms with Gasteiger partial charge < -0.3 is 10.5 Å². The summed E-state index contributed by atoms with van der Waals surface area (Å²) in [6.07, 6.45) is 0.898. The van der Waals surface area contributed by atoms with Crippen LogP contribution in [0.2, 0.25) is 0 Å². The van der Waals surface area contributed by atoms with Gasteiger partial charge in [-0.15, -0.1) is 0 Å². The highest BCUT2D eigenvalue weighted by Gasteiger charge is 2.19. The van der Waals surface area contributed by atoms with Gasteiger partial charge in [0.25, 0.3) is 0 Å². The lowest BCUT2D eigenvalue weighted by atomic mass is 10.0. The fraction of sp³-hybridized carbons (Fsp3) is 0.909. The molecule has 0 saturated carbocycles. The molecule has 0 aromatic carbocycles. The smallest absolute Gasteiger partial charge is 0.322 e. The molecule has 0 aromatic heterocycles. The highest BCUT2D eigenvalue weighted by atomic mass is 16.5. The van der Waals surface area contributed by atoms with Crippen LogP contribution in [0.5, 0.6) is 0 Å². The van der Waals surface area contributed by atoms with Crippen molar-refractivity contribution in [2.24, 2.45) is 11.7 Å². The van der Waals surface area contributed by atoms with Gasteiger partial charge in [0, 0.05) is 12.6 Å². The molecule has 2 unspecified atom stereocenters. The lowest BCUT2D eigenvalue weighted by Gasteiger charge is -2.25. The molecule has 4 nitrogen and oxygen atoms in total. The van der Waals surface area contributed by atoms with Crippen molar-refractivity contribution in [1.82, 2.24) is 4.90 Å². The van der Waals surface area contributed by atoms with E-state index in [1.54, 1.807) is 0 Å². The van der Waals surface area contributed by atoms with Gasteiger partial charge in [0.1, 0.15) is 6.04 Å². The number of hydrogen-bond donors (Lipinski definition) is 1. The van der Waals surface area contributed by atoms with Crippen LogP contribution in [-0.2, 0) is 9.53 Å². The van der Waals surface area contributed by atoms with E-state index in [0.717, 1.165) is 13.0 Å². The molecule has 0 rings (SSSR count). The van der Waals surface area contributed by atoms with Crippen molar-refractivity contribution >= 4 is 5.97 Å². The van der Waals surface area contributed by atoms with Crippen LogP contribution in [0.25, 0.3) is 0 Å². The van der Waals surface area contributed by atoms with Gasteiger partial charge in [0.15, 0.2) is 0 Å². The number of likely N-dealkylation sites (N-methyl/N-ethyl adjacent to an activating group) is 1. The summed E-state index contributed by atoms with van der Waals surface area (Å²) in [7, 11) is 3.32. The molecule has 0 bridgehead atoms. The quantitative estimate of drug-likeness (QED) is 0.669. The first-order valence-corrected chi connectivity index (χ1v) is 5.43. The molecule has 0 amide bonds. The zero-order valence-electron chi connectivity index (χ0n) is 10.5. The zero-order valence-corrected chi connectivity index (χ0v) is 10.5. The van der Waals surface area contributed by atoms with E-state index in [1.165, 1.54) is 7.11 Å². The van der Waals surface area contributed by atoms with Crippen LogP contribution in [0.4, 0.5) is 0 Å². The molecular weight excluding hydrogens is 192 g/mol. The molecule has 0 aliphatic rings. The molecule has 15 heavy (non-hydrogen) atoms. The number of carbonyl (C=O) groups excluding carboxylic acids is 1. The van der Waals surface area contributed by atoms with Gasteiger partial charge in [-0.25, -0.2) is 0 Å². The Labute approximate surface area is 92.8 Å². The van der Waals surface area contributed by atoms with Crippen LogP contribution in [0.3, 0.4) is 0 Å². The minimum Gasteiger partial charge on any atom is -0.468 e.